The third kappa shape index (κ3) is 3.64. The van der Waals surface area contributed by atoms with E-state index in [1.54, 1.807) is 0 Å². The first-order valence-corrected chi connectivity index (χ1v) is 6.98. The van der Waals surface area contributed by atoms with Crippen molar-refractivity contribution in [1.29, 1.82) is 0 Å². The van der Waals surface area contributed by atoms with Crippen molar-refractivity contribution in [2.75, 3.05) is 6.61 Å². The van der Waals surface area contributed by atoms with Crippen molar-refractivity contribution in [2.24, 2.45) is 5.92 Å². The quantitative estimate of drug-likeness (QED) is 0.787. The molecule has 0 bridgehead atoms. The molecule has 0 N–H and O–H groups in total. The molecular formula is C10H12ClFO3S. The molecule has 16 heavy (non-hydrogen) atoms. The molecule has 0 unspecified atom stereocenters. The number of rotatable bonds is 4. The number of halogens is 2. The minimum Gasteiger partial charge on any atom is -0.493 e. The molecule has 0 aromatic heterocycles. The maximum absolute atomic E-state index is 13.3. The summed E-state index contributed by atoms with van der Waals surface area (Å²) in [7, 11) is 0.995. The number of ether oxygens (including phenoxy) is 1. The first-order chi connectivity index (χ1) is 7.30. The van der Waals surface area contributed by atoms with Gasteiger partial charge in [0, 0.05) is 16.7 Å². The maximum Gasteiger partial charge on any atom is 0.264 e. The number of hydrogen-bond donors (Lipinski definition) is 0. The Labute approximate surface area is 98.6 Å². The van der Waals surface area contributed by atoms with Crippen LogP contribution in [0.15, 0.2) is 23.1 Å². The SMILES string of the molecule is CC(C)COc1ccc(S(=O)(=O)Cl)c(F)c1. The van der Waals surface area contributed by atoms with Crippen molar-refractivity contribution in [1.82, 2.24) is 0 Å². The van der Waals surface area contributed by atoms with Gasteiger partial charge < -0.3 is 4.74 Å². The minimum absolute atomic E-state index is 0.287. The van der Waals surface area contributed by atoms with Crippen molar-refractivity contribution < 1.29 is 17.5 Å². The van der Waals surface area contributed by atoms with E-state index < -0.39 is 19.8 Å². The zero-order valence-electron chi connectivity index (χ0n) is 8.91. The highest BCUT2D eigenvalue weighted by Gasteiger charge is 2.16. The lowest BCUT2D eigenvalue weighted by atomic mass is 10.2. The van der Waals surface area contributed by atoms with Gasteiger partial charge >= 0.3 is 0 Å². The van der Waals surface area contributed by atoms with E-state index in [1.807, 2.05) is 13.8 Å². The van der Waals surface area contributed by atoms with Gasteiger partial charge in [-0.1, -0.05) is 13.8 Å². The molecule has 0 aliphatic carbocycles. The fraction of sp³-hybridized carbons (Fsp3) is 0.400. The Morgan fingerprint density at radius 2 is 2.06 bits per heavy atom. The van der Waals surface area contributed by atoms with Crippen LogP contribution in [-0.4, -0.2) is 15.0 Å². The van der Waals surface area contributed by atoms with Crippen molar-refractivity contribution in [3.05, 3.63) is 24.0 Å². The van der Waals surface area contributed by atoms with E-state index in [2.05, 4.69) is 0 Å². The number of hydrogen-bond acceptors (Lipinski definition) is 3. The summed E-state index contributed by atoms with van der Waals surface area (Å²) in [5.74, 6) is -0.314. The molecule has 0 heterocycles. The second-order valence-electron chi connectivity index (χ2n) is 3.73. The van der Waals surface area contributed by atoms with Crippen LogP contribution in [0.5, 0.6) is 5.75 Å². The third-order valence-electron chi connectivity index (χ3n) is 1.75. The van der Waals surface area contributed by atoms with Crippen LogP contribution in [0.25, 0.3) is 0 Å². The van der Waals surface area contributed by atoms with Gasteiger partial charge in [0.05, 0.1) is 6.61 Å². The molecule has 0 aliphatic heterocycles. The van der Waals surface area contributed by atoms with Crippen LogP contribution < -0.4 is 4.74 Å². The zero-order valence-corrected chi connectivity index (χ0v) is 10.5. The summed E-state index contributed by atoms with van der Waals surface area (Å²) >= 11 is 0. The van der Waals surface area contributed by atoms with Crippen LogP contribution >= 0.6 is 10.7 Å². The minimum atomic E-state index is -4.04. The van der Waals surface area contributed by atoms with Crippen molar-refractivity contribution in [3.63, 3.8) is 0 Å². The van der Waals surface area contributed by atoms with Crippen LogP contribution in [0.4, 0.5) is 4.39 Å². The summed E-state index contributed by atoms with van der Waals surface area (Å²) < 4.78 is 40.4. The summed E-state index contributed by atoms with van der Waals surface area (Å²) in [4.78, 5) is -0.536. The summed E-state index contributed by atoms with van der Waals surface area (Å²) in [5.41, 5.74) is 0. The molecule has 6 heteroatoms. The van der Waals surface area contributed by atoms with Gasteiger partial charge in [0.25, 0.3) is 9.05 Å². The highest BCUT2D eigenvalue weighted by molar-refractivity contribution is 8.13. The van der Waals surface area contributed by atoms with Gasteiger partial charge in [-0.25, -0.2) is 12.8 Å². The van der Waals surface area contributed by atoms with E-state index in [9.17, 15) is 12.8 Å². The second kappa shape index (κ2) is 5.01. The normalized spacial score (nSPS) is 11.8. The highest BCUT2D eigenvalue weighted by atomic mass is 35.7. The Hall–Kier alpha value is -0.810. The van der Waals surface area contributed by atoms with Crippen molar-refractivity contribution in [3.8, 4) is 5.75 Å². The lowest BCUT2D eigenvalue weighted by Crippen LogP contribution is -2.05. The first-order valence-electron chi connectivity index (χ1n) is 4.67. The van der Waals surface area contributed by atoms with Gasteiger partial charge in [-0.3, -0.25) is 0 Å². The molecule has 3 nitrogen and oxygen atoms in total. The van der Waals surface area contributed by atoms with Gasteiger partial charge in [-0.05, 0) is 18.1 Å². The van der Waals surface area contributed by atoms with Crippen LogP contribution in [0, 0.1) is 11.7 Å². The van der Waals surface area contributed by atoms with Crippen molar-refractivity contribution >= 4 is 19.7 Å². The lowest BCUT2D eigenvalue weighted by molar-refractivity contribution is 0.269. The van der Waals surface area contributed by atoms with Gasteiger partial charge in [-0.2, -0.15) is 0 Å². The Morgan fingerprint density at radius 1 is 1.44 bits per heavy atom. The fourth-order valence-electron chi connectivity index (χ4n) is 1.03. The average molecular weight is 267 g/mol. The molecule has 1 aromatic rings. The fourth-order valence-corrected chi connectivity index (χ4v) is 1.93. The summed E-state index contributed by atoms with van der Waals surface area (Å²) in [6.07, 6.45) is 0. The molecule has 1 aromatic carbocycles. The van der Waals surface area contributed by atoms with Gasteiger partial charge in [0.15, 0.2) is 0 Å². The molecule has 90 valence electrons. The molecular weight excluding hydrogens is 255 g/mol. The first kappa shape index (κ1) is 13.3. The maximum atomic E-state index is 13.3. The second-order valence-corrected chi connectivity index (χ2v) is 6.27. The Balaban J connectivity index is 2.92. The third-order valence-corrected chi connectivity index (χ3v) is 3.10. The van der Waals surface area contributed by atoms with Crippen LogP contribution in [0.3, 0.4) is 0 Å². The molecule has 1 rings (SSSR count). The average Bonchev–Trinajstić information content (AvgIpc) is 2.12. The lowest BCUT2D eigenvalue weighted by Gasteiger charge is -2.09. The van der Waals surface area contributed by atoms with Gasteiger partial charge in [0.2, 0.25) is 0 Å². The highest BCUT2D eigenvalue weighted by Crippen LogP contribution is 2.23. The van der Waals surface area contributed by atoms with E-state index in [4.69, 9.17) is 15.4 Å². The van der Waals surface area contributed by atoms with E-state index in [-0.39, 0.29) is 5.75 Å². The van der Waals surface area contributed by atoms with Gasteiger partial charge in [0.1, 0.15) is 16.5 Å². The Kier molecular flexibility index (Phi) is 4.15. The van der Waals surface area contributed by atoms with Crippen LogP contribution in [-0.2, 0) is 9.05 Å². The van der Waals surface area contributed by atoms with E-state index >= 15 is 0 Å². The Bertz CT molecular complexity index is 471. The van der Waals surface area contributed by atoms with E-state index in [1.165, 1.54) is 6.07 Å². The standard InChI is InChI=1S/C10H12ClFO3S/c1-7(2)6-15-8-3-4-10(9(12)5-8)16(11,13)14/h3-5,7H,6H2,1-2H3. The monoisotopic (exact) mass is 266 g/mol. The summed E-state index contributed by atoms with van der Waals surface area (Å²) in [6, 6.07) is 3.48. The molecule has 0 radical (unpaired) electrons. The molecule has 0 saturated carbocycles. The molecule has 0 saturated heterocycles. The summed E-state index contributed by atoms with van der Waals surface area (Å²) in [6.45, 7) is 4.34. The molecule has 0 spiro atoms. The van der Waals surface area contributed by atoms with Crippen LogP contribution in [0.1, 0.15) is 13.8 Å². The number of benzene rings is 1. The zero-order chi connectivity index (χ0) is 12.3. The van der Waals surface area contributed by atoms with Crippen LogP contribution in [0.2, 0.25) is 0 Å². The topological polar surface area (TPSA) is 43.4 Å². The largest absolute Gasteiger partial charge is 0.493 e. The smallest absolute Gasteiger partial charge is 0.264 e. The molecule has 0 atom stereocenters. The van der Waals surface area contributed by atoms with Gasteiger partial charge in [-0.15, -0.1) is 0 Å². The Morgan fingerprint density at radius 3 is 2.50 bits per heavy atom. The molecule has 0 aliphatic rings. The predicted octanol–water partition coefficient (Wildman–Crippen LogP) is 2.79. The van der Waals surface area contributed by atoms with Crippen molar-refractivity contribution in [2.45, 2.75) is 18.7 Å². The molecule has 0 amide bonds. The molecule has 0 fully saturated rings. The van der Waals surface area contributed by atoms with E-state index in [0.29, 0.717) is 12.5 Å². The predicted molar refractivity (Wildman–Crippen MR) is 59.8 cm³/mol. The summed E-state index contributed by atoms with van der Waals surface area (Å²) in [5, 5.41) is 0. The van der Waals surface area contributed by atoms with E-state index in [0.717, 1.165) is 12.1 Å².